The van der Waals surface area contributed by atoms with E-state index in [4.69, 9.17) is 0 Å². The van der Waals surface area contributed by atoms with Crippen molar-refractivity contribution in [2.45, 2.75) is 32.2 Å². The highest BCUT2D eigenvalue weighted by atomic mass is 16.6. The fraction of sp³-hybridized carbons (Fsp3) is 0.600. The van der Waals surface area contributed by atoms with Crippen LogP contribution in [0.1, 0.15) is 25.3 Å². The van der Waals surface area contributed by atoms with Crippen molar-refractivity contribution in [2.75, 3.05) is 25.0 Å². The number of nitrogens with one attached hydrogen (secondary N) is 1. The van der Waals surface area contributed by atoms with Gasteiger partial charge in [-0.25, -0.2) is 0 Å². The molecule has 2 saturated heterocycles. The van der Waals surface area contributed by atoms with Gasteiger partial charge in [-0.2, -0.15) is 0 Å². The molecule has 0 aliphatic carbocycles. The van der Waals surface area contributed by atoms with E-state index in [2.05, 4.69) is 10.2 Å². The van der Waals surface area contributed by atoms with Crippen LogP contribution in [0.5, 0.6) is 0 Å². The van der Waals surface area contributed by atoms with Gasteiger partial charge >= 0.3 is 0 Å². The third-order valence-electron chi connectivity index (χ3n) is 4.65. The Bertz CT molecular complexity index is 518. The number of nitrogens with zero attached hydrogens (tertiary/aromatic N) is 2. The highest BCUT2D eigenvalue weighted by Gasteiger charge is 2.34. The van der Waals surface area contributed by atoms with Crippen LogP contribution >= 0.6 is 0 Å². The molecule has 1 aromatic carbocycles. The van der Waals surface area contributed by atoms with Crippen molar-refractivity contribution < 1.29 is 4.92 Å². The smallest absolute Gasteiger partial charge is 0.274 e. The molecular formula is C15H21N3O2. The van der Waals surface area contributed by atoms with Gasteiger partial charge in [-0.1, -0.05) is 13.0 Å². The molecule has 3 rings (SSSR count). The van der Waals surface area contributed by atoms with Gasteiger partial charge < -0.3 is 10.2 Å². The Morgan fingerprint density at radius 3 is 2.95 bits per heavy atom. The maximum atomic E-state index is 11.1. The summed E-state index contributed by atoms with van der Waals surface area (Å²) in [5.41, 5.74) is 1.93. The van der Waals surface area contributed by atoms with Gasteiger partial charge in [0, 0.05) is 36.4 Å². The van der Waals surface area contributed by atoms with E-state index in [9.17, 15) is 10.1 Å². The Labute approximate surface area is 119 Å². The molecular weight excluding hydrogens is 254 g/mol. The minimum Gasteiger partial charge on any atom is -0.382 e. The van der Waals surface area contributed by atoms with Gasteiger partial charge in [-0.3, -0.25) is 10.1 Å². The van der Waals surface area contributed by atoms with Crippen molar-refractivity contribution >= 4 is 11.4 Å². The van der Waals surface area contributed by atoms with Crippen LogP contribution in [-0.4, -0.2) is 35.5 Å². The number of anilines is 1. The molecule has 0 amide bonds. The lowest BCUT2D eigenvalue weighted by Crippen LogP contribution is -2.39. The number of benzene rings is 1. The molecule has 2 aliphatic heterocycles. The minimum atomic E-state index is -0.276. The molecule has 5 nitrogen and oxygen atoms in total. The van der Waals surface area contributed by atoms with Gasteiger partial charge in [0.05, 0.1) is 4.92 Å². The van der Waals surface area contributed by atoms with Crippen molar-refractivity contribution in [3.8, 4) is 0 Å². The molecule has 0 aromatic heterocycles. The van der Waals surface area contributed by atoms with E-state index in [-0.39, 0.29) is 10.6 Å². The zero-order valence-corrected chi connectivity index (χ0v) is 11.8. The first kappa shape index (κ1) is 13.4. The normalized spacial score (nSPS) is 28.4. The summed E-state index contributed by atoms with van der Waals surface area (Å²) in [6.07, 6.45) is 3.07. The summed E-state index contributed by atoms with van der Waals surface area (Å²) >= 11 is 0. The van der Waals surface area contributed by atoms with Crippen molar-refractivity contribution in [3.05, 3.63) is 33.9 Å². The van der Waals surface area contributed by atoms with Crippen LogP contribution in [0.25, 0.3) is 0 Å². The quantitative estimate of drug-likeness (QED) is 0.678. The molecule has 2 aliphatic rings. The Morgan fingerprint density at radius 2 is 2.20 bits per heavy atom. The van der Waals surface area contributed by atoms with Gasteiger partial charge in [0.15, 0.2) is 0 Å². The van der Waals surface area contributed by atoms with Crippen LogP contribution in [0.4, 0.5) is 11.4 Å². The molecule has 2 heterocycles. The fourth-order valence-corrected chi connectivity index (χ4v) is 3.48. The summed E-state index contributed by atoms with van der Waals surface area (Å²) in [6.45, 7) is 5.47. The first-order valence-corrected chi connectivity index (χ1v) is 7.43. The molecule has 108 valence electrons. The topological polar surface area (TPSA) is 58.4 Å². The van der Waals surface area contributed by atoms with E-state index in [0.717, 1.165) is 24.2 Å². The van der Waals surface area contributed by atoms with Crippen LogP contribution in [0.3, 0.4) is 0 Å². The highest BCUT2D eigenvalue weighted by Crippen LogP contribution is 2.31. The fourth-order valence-electron chi connectivity index (χ4n) is 3.48. The SMILES string of the molecule is CCc1ccc(NC2CCN3CCC2C3)cc1[N+](=O)[O-]. The maximum absolute atomic E-state index is 11.1. The number of nitro groups is 1. The summed E-state index contributed by atoms with van der Waals surface area (Å²) in [4.78, 5) is 13.4. The van der Waals surface area contributed by atoms with Crippen LogP contribution in [0, 0.1) is 16.0 Å². The van der Waals surface area contributed by atoms with Gasteiger partial charge in [-0.15, -0.1) is 0 Å². The van der Waals surface area contributed by atoms with Crippen molar-refractivity contribution in [3.63, 3.8) is 0 Å². The van der Waals surface area contributed by atoms with Crippen molar-refractivity contribution in [1.82, 2.24) is 4.90 Å². The lowest BCUT2D eigenvalue weighted by Gasteiger charge is -2.31. The number of fused-ring (bicyclic) bond motifs is 2. The van der Waals surface area contributed by atoms with E-state index >= 15 is 0 Å². The molecule has 2 bridgehead atoms. The van der Waals surface area contributed by atoms with E-state index in [0.29, 0.717) is 18.4 Å². The number of aryl methyl sites for hydroxylation is 1. The van der Waals surface area contributed by atoms with Crippen LogP contribution in [0.2, 0.25) is 0 Å². The van der Waals surface area contributed by atoms with Gasteiger partial charge in [0.2, 0.25) is 0 Å². The average Bonchev–Trinajstić information content (AvgIpc) is 2.84. The third kappa shape index (κ3) is 2.50. The van der Waals surface area contributed by atoms with E-state index < -0.39 is 0 Å². The Balaban J connectivity index is 1.77. The first-order valence-electron chi connectivity index (χ1n) is 7.43. The zero-order chi connectivity index (χ0) is 14.1. The Kier molecular flexibility index (Phi) is 3.61. The average molecular weight is 275 g/mol. The van der Waals surface area contributed by atoms with Gasteiger partial charge in [0.25, 0.3) is 5.69 Å². The standard InChI is InChI=1S/C15H21N3O2/c1-2-11-3-4-13(9-15(11)18(19)20)16-14-6-8-17-7-5-12(14)10-17/h3-4,9,12,14,16H,2,5-8,10H2,1H3. The minimum absolute atomic E-state index is 0.237. The van der Waals surface area contributed by atoms with Crippen LogP contribution in [-0.2, 0) is 6.42 Å². The Morgan fingerprint density at radius 1 is 1.40 bits per heavy atom. The third-order valence-corrected chi connectivity index (χ3v) is 4.65. The van der Waals surface area contributed by atoms with Gasteiger partial charge in [-0.05, 0) is 37.8 Å². The number of hydrogen-bond acceptors (Lipinski definition) is 4. The molecule has 0 spiro atoms. The number of hydrogen-bond donors (Lipinski definition) is 1. The van der Waals surface area contributed by atoms with Crippen LogP contribution in [0.15, 0.2) is 18.2 Å². The largest absolute Gasteiger partial charge is 0.382 e. The second-order valence-corrected chi connectivity index (χ2v) is 5.84. The summed E-state index contributed by atoms with van der Waals surface area (Å²) in [5.74, 6) is 0.689. The predicted octanol–water partition coefficient (Wildman–Crippen LogP) is 2.66. The van der Waals surface area contributed by atoms with Crippen molar-refractivity contribution in [2.24, 2.45) is 5.92 Å². The molecule has 3 unspecified atom stereocenters. The molecule has 2 fully saturated rings. The van der Waals surface area contributed by atoms with Crippen LogP contribution < -0.4 is 5.32 Å². The summed E-state index contributed by atoms with van der Waals surface area (Å²) in [6, 6.07) is 6.01. The predicted molar refractivity (Wildman–Crippen MR) is 79.0 cm³/mol. The Hall–Kier alpha value is -1.62. The number of rotatable bonds is 4. The second-order valence-electron chi connectivity index (χ2n) is 5.84. The lowest BCUT2D eigenvalue weighted by molar-refractivity contribution is -0.385. The molecule has 20 heavy (non-hydrogen) atoms. The molecule has 0 radical (unpaired) electrons. The molecule has 5 heteroatoms. The number of nitro benzene ring substituents is 1. The van der Waals surface area contributed by atoms with E-state index in [1.165, 1.54) is 19.5 Å². The summed E-state index contributed by atoms with van der Waals surface area (Å²) in [7, 11) is 0. The lowest BCUT2D eigenvalue weighted by atomic mass is 9.94. The molecule has 3 atom stereocenters. The molecule has 1 N–H and O–H groups in total. The number of piperidine rings is 1. The monoisotopic (exact) mass is 275 g/mol. The van der Waals surface area contributed by atoms with E-state index in [1.807, 2.05) is 19.1 Å². The zero-order valence-electron chi connectivity index (χ0n) is 11.8. The molecule has 0 saturated carbocycles. The van der Waals surface area contributed by atoms with Gasteiger partial charge in [0.1, 0.15) is 0 Å². The summed E-state index contributed by atoms with van der Waals surface area (Å²) in [5, 5.41) is 14.6. The first-order chi connectivity index (χ1) is 9.67. The van der Waals surface area contributed by atoms with E-state index in [1.54, 1.807) is 6.07 Å². The maximum Gasteiger partial charge on any atom is 0.274 e. The summed E-state index contributed by atoms with van der Waals surface area (Å²) < 4.78 is 0. The second kappa shape index (κ2) is 5.40. The molecule has 1 aromatic rings. The highest BCUT2D eigenvalue weighted by molar-refractivity contribution is 5.56. The van der Waals surface area contributed by atoms with Crippen molar-refractivity contribution in [1.29, 1.82) is 0 Å².